The van der Waals surface area contributed by atoms with Crippen LogP contribution in [0.25, 0.3) is 0 Å². The van der Waals surface area contributed by atoms with Crippen molar-refractivity contribution in [1.29, 1.82) is 0 Å². The van der Waals surface area contributed by atoms with Crippen molar-refractivity contribution < 1.29 is 34.4 Å². The number of nitrogens with zero attached hydrogens (tertiary/aromatic N) is 1. The molecule has 1 aromatic rings. The molecule has 0 radical (unpaired) electrons. The first-order valence-electron chi connectivity index (χ1n) is 12.3. The summed E-state index contributed by atoms with van der Waals surface area (Å²) in [5, 5.41) is 32.7. The number of hydrogen-bond donors (Lipinski definition) is 4. The highest BCUT2D eigenvalue weighted by Gasteiger charge is 2.66. The van der Waals surface area contributed by atoms with E-state index < -0.39 is 24.4 Å². The van der Waals surface area contributed by atoms with Gasteiger partial charge in [-0.1, -0.05) is 6.07 Å². The molecule has 5 aliphatic rings. The number of nitrogens with one attached hydrogen (secondary N) is 1. The normalized spacial score (nSPS) is 38.0. The summed E-state index contributed by atoms with van der Waals surface area (Å²) in [7, 11) is 1.78. The molecule has 0 aromatic heterocycles. The number of likely N-dealkylation sites (tertiary alicyclic amines) is 1. The van der Waals surface area contributed by atoms with Crippen LogP contribution in [0.1, 0.15) is 43.2 Å². The summed E-state index contributed by atoms with van der Waals surface area (Å²) in [6.45, 7) is 1.95. The first-order valence-corrected chi connectivity index (χ1v) is 12.3. The van der Waals surface area contributed by atoms with Crippen molar-refractivity contribution in [1.82, 2.24) is 10.2 Å². The number of aliphatic carboxylic acids is 2. The van der Waals surface area contributed by atoms with Crippen LogP contribution in [-0.2, 0) is 26.2 Å². The largest absolute Gasteiger partial charge is 0.504 e. The predicted molar refractivity (Wildman–Crippen MR) is 120 cm³/mol. The number of phenolic OH excluding ortho intramolecular Hbond substituents is 1. The minimum Gasteiger partial charge on any atom is -0.504 e. The predicted octanol–water partition coefficient (Wildman–Crippen LogP) is 1.35. The van der Waals surface area contributed by atoms with Gasteiger partial charge in [0, 0.05) is 42.6 Å². The Morgan fingerprint density at radius 3 is 2.85 bits per heavy atom. The molecule has 1 aromatic carbocycles. The van der Waals surface area contributed by atoms with E-state index in [1.807, 2.05) is 6.07 Å². The first-order chi connectivity index (χ1) is 16.3. The maximum atomic E-state index is 11.8. The van der Waals surface area contributed by atoms with Gasteiger partial charge >= 0.3 is 11.9 Å². The Hall–Kier alpha value is -2.36. The Balaban J connectivity index is 1.35. The summed E-state index contributed by atoms with van der Waals surface area (Å²) in [5.41, 5.74) is 2.02. The average Bonchev–Trinajstić information content (AvgIpc) is 3.46. The van der Waals surface area contributed by atoms with Crippen LogP contribution in [0.3, 0.4) is 0 Å². The van der Waals surface area contributed by atoms with Gasteiger partial charge in [-0.05, 0) is 56.2 Å². The van der Waals surface area contributed by atoms with Gasteiger partial charge < -0.3 is 24.8 Å². The lowest BCUT2D eigenvalue weighted by Crippen LogP contribution is -2.69. The number of aromatic hydroxyl groups is 1. The Bertz CT molecular complexity index is 1030. The Morgan fingerprint density at radius 2 is 2.15 bits per heavy atom. The highest BCUT2D eigenvalue weighted by molar-refractivity contribution is 5.80. The van der Waals surface area contributed by atoms with Crippen LogP contribution in [0.4, 0.5) is 0 Å². The van der Waals surface area contributed by atoms with Crippen LogP contribution in [0.5, 0.6) is 11.5 Å². The third-order valence-electron chi connectivity index (χ3n) is 9.15. The number of ether oxygens (including phenoxy) is 2. The zero-order valence-corrected chi connectivity index (χ0v) is 19.3. The summed E-state index contributed by atoms with van der Waals surface area (Å²) >= 11 is 0. The number of methoxy groups -OCH3 is 1. The first kappa shape index (κ1) is 22.1. The number of phenols is 1. The van der Waals surface area contributed by atoms with Crippen molar-refractivity contribution in [3.05, 3.63) is 23.3 Å². The van der Waals surface area contributed by atoms with Crippen LogP contribution in [0.2, 0.25) is 0 Å². The second-order valence-corrected chi connectivity index (χ2v) is 10.8. The molecule has 184 valence electrons. The van der Waals surface area contributed by atoms with Gasteiger partial charge in [0.25, 0.3) is 0 Å². The zero-order valence-electron chi connectivity index (χ0n) is 19.3. The number of rotatable bonds is 8. The zero-order chi connectivity index (χ0) is 23.8. The van der Waals surface area contributed by atoms with Crippen LogP contribution < -0.4 is 10.1 Å². The van der Waals surface area contributed by atoms with Gasteiger partial charge in [-0.25, -0.2) is 0 Å². The SMILES string of the molecule is COC1CC1CN1CC[C@]23c4c5ccc(O)c4O[C@H]2[C@H](N[C@@H](CC(=O)O)C(=O)O)CC[C@H]3[C@H]1C5. The van der Waals surface area contributed by atoms with Crippen molar-refractivity contribution in [2.45, 2.75) is 74.3 Å². The standard InChI is InChI=1S/C25H32N2O7/c1-33-19-9-13(19)11-27-7-6-25-14-3-4-15(26-16(24(31)32)10-20(29)30)23(25)34-22-18(28)5-2-12(21(22)25)8-17(14)27/h2,5,13-17,19,23,26,28H,3-4,6-11H2,1H3,(H,29,30)(H,31,32)/t13?,14-,15+,16-,17+,19?,23-,25-/m0/s1. The van der Waals surface area contributed by atoms with E-state index in [-0.39, 0.29) is 23.3 Å². The molecule has 9 heteroatoms. The maximum absolute atomic E-state index is 11.8. The van der Waals surface area contributed by atoms with Gasteiger partial charge in [0.15, 0.2) is 11.5 Å². The topological polar surface area (TPSA) is 129 Å². The van der Waals surface area contributed by atoms with Gasteiger partial charge in [0.2, 0.25) is 0 Å². The lowest BCUT2D eigenvalue weighted by molar-refractivity contribution is -0.147. The van der Waals surface area contributed by atoms with E-state index in [1.165, 1.54) is 5.56 Å². The summed E-state index contributed by atoms with van der Waals surface area (Å²) in [4.78, 5) is 25.7. The minimum absolute atomic E-state index is 0.127. The quantitative estimate of drug-likeness (QED) is 0.443. The van der Waals surface area contributed by atoms with E-state index in [4.69, 9.17) is 9.47 Å². The number of piperidine rings is 1. The van der Waals surface area contributed by atoms with Crippen LogP contribution >= 0.6 is 0 Å². The summed E-state index contributed by atoms with van der Waals surface area (Å²) in [5.74, 6) is -0.724. The highest BCUT2D eigenvalue weighted by Crippen LogP contribution is 2.64. The summed E-state index contributed by atoms with van der Waals surface area (Å²) < 4.78 is 12.0. The van der Waals surface area contributed by atoms with E-state index in [0.717, 1.165) is 44.3 Å². The van der Waals surface area contributed by atoms with Crippen molar-refractivity contribution in [3.63, 3.8) is 0 Å². The molecule has 8 atom stereocenters. The molecular formula is C25H32N2O7. The maximum Gasteiger partial charge on any atom is 0.321 e. The lowest BCUT2D eigenvalue weighted by atomic mass is 9.51. The third kappa shape index (κ3) is 3.17. The van der Waals surface area contributed by atoms with E-state index in [0.29, 0.717) is 36.2 Å². The van der Waals surface area contributed by atoms with E-state index in [2.05, 4.69) is 10.2 Å². The Morgan fingerprint density at radius 1 is 1.32 bits per heavy atom. The third-order valence-corrected chi connectivity index (χ3v) is 9.15. The van der Waals surface area contributed by atoms with Crippen LogP contribution in [0, 0.1) is 11.8 Å². The molecule has 2 aliphatic heterocycles. The molecule has 3 aliphatic carbocycles. The molecule has 0 amide bonds. The van der Waals surface area contributed by atoms with Crippen molar-refractivity contribution in [2.24, 2.45) is 11.8 Å². The van der Waals surface area contributed by atoms with E-state index >= 15 is 0 Å². The van der Waals surface area contributed by atoms with Crippen molar-refractivity contribution in [3.8, 4) is 11.5 Å². The van der Waals surface area contributed by atoms with Gasteiger partial charge in [-0.2, -0.15) is 0 Å². The molecule has 2 bridgehead atoms. The minimum atomic E-state index is -1.18. The van der Waals surface area contributed by atoms with Gasteiger partial charge in [-0.3, -0.25) is 19.8 Å². The average molecular weight is 473 g/mol. The molecular weight excluding hydrogens is 440 g/mol. The van der Waals surface area contributed by atoms with Crippen molar-refractivity contribution in [2.75, 3.05) is 20.2 Å². The van der Waals surface area contributed by atoms with E-state index in [9.17, 15) is 24.9 Å². The molecule has 34 heavy (non-hydrogen) atoms. The smallest absolute Gasteiger partial charge is 0.321 e. The molecule has 2 heterocycles. The number of carbonyl (C=O) groups is 2. The second kappa shape index (κ2) is 7.83. The molecule has 2 unspecified atom stereocenters. The number of hydrogen-bond acceptors (Lipinski definition) is 7. The fourth-order valence-electron chi connectivity index (χ4n) is 7.68. The Kier molecular flexibility index (Phi) is 5.09. The number of benzene rings is 1. The summed E-state index contributed by atoms with van der Waals surface area (Å²) in [6, 6.07) is 2.61. The molecule has 2 saturated carbocycles. The van der Waals surface area contributed by atoms with E-state index in [1.54, 1.807) is 13.2 Å². The number of carboxylic acids is 2. The van der Waals surface area contributed by atoms with Crippen LogP contribution in [0.15, 0.2) is 12.1 Å². The van der Waals surface area contributed by atoms with Crippen LogP contribution in [-0.4, -0.2) is 82.7 Å². The summed E-state index contributed by atoms with van der Waals surface area (Å²) in [6.07, 6.45) is 4.07. The second-order valence-electron chi connectivity index (χ2n) is 10.8. The van der Waals surface area contributed by atoms with Crippen molar-refractivity contribution >= 4 is 11.9 Å². The Labute approximate surface area is 198 Å². The molecule has 4 N–H and O–H groups in total. The molecule has 1 saturated heterocycles. The lowest BCUT2D eigenvalue weighted by Gasteiger charge is -2.60. The fourth-order valence-corrected chi connectivity index (χ4v) is 7.68. The molecule has 3 fully saturated rings. The van der Waals surface area contributed by atoms with Gasteiger partial charge in [-0.15, -0.1) is 0 Å². The van der Waals surface area contributed by atoms with Gasteiger partial charge in [0.05, 0.1) is 12.5 Å². The van der Waals surface area contributed by atoms with Gasteiger partial charge in [0.1, 0.15) is 12.1 Å². The highest BCUT2D eigenvalue weighted by atomic mass is 16.5. The molecule has 6 rings (SSSR count). The number of carboxylic acid groups (broad SMARTS) is 2. The fraction of sp³-hybridized carbons (Fsp3) is 0.680. The molecule has 9 nitrogen and oxygen atoms in total. The molecule has 1 spiro atoms. The monoisotopic (exact) mass is 472 g/mol.